The summed E-state index contributed by atoms with van der Waals surface area (Å²) in [4.78, 5) is 30.2. The number of aromatic nitrogens is 3. The molecule has 0 saturated heterocycles. The van der Waals surface area contributed by atoms with Gasteiger partial charge >= 0.3 is 5.97 Å². The molecule has 4 heterocycles. The fourth-order valence-electron chi connectivity index (χ4n) is 3.91. The van der Waals surface area contributed by atoms with E-state index in [9.17, 15) is 9.59 Å². The zero-order valence-electron chi connectivity index (χ0n) is 19.6. The Balaban J connectivity index is 1.53. The van der Waals surface area contributed by atoms with Gasteiger partial charge in [-0.25, -0.2) is 14.5 Å². The Bertz CT molecular complexity index is 1430. The van der Waals surface area contributed by atoms with E-state index in [1.807, 2.05) is 54.6 Å². The Hall–Kier alpha value is -4.66. The lowest BCUT2D eigenvalue weighted by atomic mass is 10.1. The van der Waals surface area contributed by atoms with Gasteiger partial charge in [0.1, 0.15) is 30.8 Å². The van der Waals surface area contributed by atoms with Crippen LogP contribution >= 0.6 is 0 Å². The SMILES string of the molecule is COC(=O)[C@@H]1Cc2ccc(cc2)OCC=CCOc2ccc3nn(cc3c2)-c2ncccc2C(=O)N1. The van der Waals surface area contributed by atoms with Crippen molar-refractivity contribution in [3.05, 3.63) is 90.3 Å². The van der Waals surface area contributed by atoms with Gasteiger partial charge in [0.25, 0.3) is 5.91 Å². The molecule has 4 aromatic rings. The van der Waals surface area contributed by atoms with Crippen molar-refractivity contribution in [3.8, 4) is 17.3 Å². The van der Waals surface area contributed by atoms with Crippen LogP contribution in [0.2, 0.25) is 0 Å². The van der Waals surface area contributed by atoms with Crippen molar-refractivity contribution in [2.24, 2.45) is 0 Å². The Labute approximate surface area is 207 Å². The molecule has 6 rings (SSSR count). The van der Waals surface area contributed by atoms with Gasteiger partial charge in [0.05, 0.1) is 18.2 Å². The van der Waals surface area contributed by atoms with Crippen LogP contribution < -0.4 is 14.8 Å². The summed E-state index contributed by atoms with van der Waals surface area (Å²) in [6, 6.07) is 15.3. The fraction of sp³-hybridized carbons (Fsp3) is 0.185. The number of pyridine rings is 1. The molecular weight excluding hydrogens is 460 g/mol. The van der Waals surface area contributed by atoms with Gasteiger partial charge in [-0.05, 0) is 60.2 Å². The van der Waals surface area contributed by atoms with Crippen LogP contribution in [-0.2, 0) is 16.0 Å². The molecule has 182 valence electrons. The number of hydrogen-bond donors (Lipinski definition) is 1. The quantitative estimate of drug-likeness (QED) is 0.327. The van der Waals surface area contributed by atoms with E-state index in [1.165, 1.54) is 7.11 Å². The van der Waals surface area contributed by atoms with Crippen LogP contribution in [0.4, 0.5) is 0 Å². The number of esters is 1. The van der Waals surface area contributed by atoms with E-state index in [1.54, 1.807) is 29.2 Å². The Morgan fingerprint density at radius 3 is 2.58 bits per heavy atom. The van der Waals surface area contributed by atoms with E-state index >= 15 is 0 Å². The number of benzene rings is 2. The Morgan fingerprint density at radius 1 is 1.06 bits per heavy atom. The molecule has 1 N–H and O–H groups in total. The highest BCUT2D eigenvalue weighted by atomic mass is 16.5. The minimum atomic E-state index is -0.893. The summed E-state index contributed by atoms with van der Waals surface area (Å²) in [5.74, 6) is 0.709. The summed E-state index contributed by atoms with van der Waals surface area (Å²) in [6.07, 6.45) is 7.40. The van der Waals surface area contributed by atoms with Crippen LogP contribution in [0.15, 0.2) is 79.1 Å². The number of hydrogen-bond acceptors (Lipinski definition) is 7. The number of rotatable bonds is 1. The van der Waals surface area contributed by atoms with Crippen molar-refractivity contribution in [2.45, 2.75) is 12.5 Å². The number of nitrogens with one attached hydrogen (secondary N) is 1. The summed E-state index contributed by atoms with van der Waals surface area (Å²) in [5.41, 5.74) is 1.84. The summed E-state index contributed by atoms with van der Waals surface area (Å²) in [6.45, 7) is 0.780. The van der Waals surface area contributed by atoms with E-state index < -0.39 is 17.9 Å². The minimum Gasteiger partial charge on any atom is -0.490 e. The van der Waals surface area contributed by atoms with Gasteiger partial charge in [-0.15, -0.1) is 0 Å². The van der Waals surface area contributed by atoms with Crippen molar-refractivity contribution in [1.82, 2.24) is 20.1 Å². The molecule has 9 nitrogen and oxygen atoms in total. The number of amides is 1. The van der Waals surface area contributed by atoms with Gasteiger partial charge in [0, 0.05) is 24.2 Å². The van der Waals surface area contributed by atoms with Crippen LogP contribution in [0.5, 0.6) is 11.5 Å². The molecule has 0 spiro atoms. The van der Waals surface area contributed by atoms with Gasteiger partial charge in [-0.3, -0.25) is 4.79 Å². The Morgan fingerprint density at radius 2 is 1.81 bits per heavy atom. The zero-order chi connectivity index (χ0) is 24.9. The molecule has 0 fully saturated rings. The lowest BCUT2D eigenvalue weighted by molar-refractivity contribution is -0.142. The molecule has 0 unspecified atom stereocenters. The van der Waals surface area contributed by atoms with Gasteiger partial charge in [0.15, 0.2) is 5.82 Å². The maximum absolute atomic E-state index is 13.3. The largest absolute Gasteiger partial charge is 0.490 e. The van der Waals surface area contributed by atoms with Crippen molar-refractivity contribution < 1.29 is 23.8 Å². The average molecular weight is 485 g/mol. The number of methoxy groups -OCH3 is 1. The summed E-state index contributed by atoms with van der Waals surface area (Å²) < 4.78 is 18.1. The standard InChI is InChI=1S/C27H24N4O5/c1-34-27(33)24-15-18-6-8-20(9-7-18)35-13-2-3-14-36-21-10-11-23-19(16-21)17-31(30-23)25-22(26(32)29-24)5-4-12-28-25/h2-12,16-17,24H,13-15H2,1H3,(H,29,32)/t24-/m0/s1. The normalized spacial score (nSPS) is 16.0. The second-order valence-corrected chi connectivity index (χ2v) is 8.16. The maximum atomic E-state index is 13.3. The molecule has 2 aliphatic rings. The number of ether oxygens (including phenoxy) is 3. The van der Waals surface area contributed by atoms with E-state index in [0.717, 1.165) is 16.5 Å². The van der Waals surface area contributed by atoms with Gasteiger partial charge in [-0.2, -0.15) is 5.10 Å². The number of carbonyl (C=O) groups excluding carboxylic acids is 2. The molecule has 36 heavy (non-hydrogen) atoms. The van der Waals surface area contributed by atoms with E-state index in [2.05, 4.69) is 15.4 Å². The molecule has 9 heteroatoms. The van der Waals surface area contributed by atoms with Crippen molar-refractivity contribution in [2.75, 3.05) is 20.3 Å². The number of carbonyl (C=O) groups is 2. The third-order valence-electron chi connectivity index (χ3n) is 5.74. The second kappa shape index (κ2) is 10.3. The number of nitrogens with zero attached hydrogens (tertiary/aromatic N) is 3. The monoisotopic (exact) mass is 484 g/mol. The van der Waals surface area contributed by atoms with Crippen LogP contribution in [0.25, 0.3) is 16.7 Å². The molecule has 2 aromatic heterocycles. The molecule has 0 aliphatic carbocycles. The highest BCUT2D eigenvalue weighted by Gasteiger charge is 2.25. The average Bonchev–Trinajstić information content (AvgIpc) is 3.33. The maximum Gasteiger partial charge on any atom is 0.328 e. The van der Waals surface area contributed by atoms with Crippen molar-refractivity contribution in [3.63, 3.8) is 0 Å². The fourth-order valence-corrected chi connectivity index (χ4v) is 3.91. The minimum absolute atomic E-state index is 0.250. The third-order valence-corrected chi connectivity index (χ3v) is 5.74. The number of fused-ring (bicyclic) bond motifs is 9. The predicted octanol–water partition coefficient (Wildman–Crippen LogP) is 3.26. The molecule has 1 amide bonds. The molecular formula is C27H24N4O5. The third kappa shape index (κ3) is 5.05. The first-order chi connectivity index (χ1) is 17.6. The highest BCUT2D eigenvalue weighted by Crippen LogP contribution is 2.22. The molecule has 2 aliphatic heterocycles. The van der Waals surface area contributed by atoms with Crippen LogP contribution in [0, 0.1) is 0 Å². The van der Waals surface area contributed by atoms with Gasteiger partial charge < -0.3 is 19.5 Å². The van der Waals surface area contributed by atoms with E-state index in [-0.39, 0.29) is 12.0 Å². The molecule has 0 saturated carbocycles. The highest BCUT2D eigenvalue weighted by molar-refractivity contribution is 5.99. The molecule has 0 radical (unpaired) electrons. The lowest BCUT2D eigenvalue weighted by Gasteiger charge is -2.18. The summed E-state index contributed by atoms with van der Waals surface area (Å²) in [5, 5.41) is 8.21. The predicted molar refractivity (Wildman–Crippen MR) is 132 cm³/mol. The second-order valence-electron chi connectivity index (χ2n) is 8.16. The first kappa shape index (κ1) is 23.1. The Kier molecular flexibility index (Phi) is 6.61. The first-order valence-corrected chi connectivity index (χ1v) is 11.4. The van der Waals surface area contributed by atoms with E-state index in [4.69, 9.17) is 14.2 Å². The summed E-state index contributed by atoms with van der Waals surface area (Å²) in [7, 11) is 1.29. The molecule has 5 bridgehead atoms. The smallest absolute Gasteiger partial charge is 0.328 e. The molecule has 1 atom stereocenters. The van der Waals surface area contributed by atoms with Crippen molar-refractivity contribution >= 4 is 22.8 Å². The van der Waals surface area contributed by atoms with Crippen LogP contribution in [-0.4, -0.2) is 53.0 Å². The van der Waals surface area contributed by atoms with Gasteiger partial charge in [0.2, 0.25) is 0 Å². The lowest BCUT2D eigenvalue weighted by Crippen LogP contribution is -2.43. The molecule has 2 aromatic carbocycles. The van der Waals surface area contributed by atoms with Crippen LogP contribution in [0.1, 0.15) is 15.9 Å². The van der Waals surface area contributed by atoms with Crippen molar-refractivity contribution in [1.29, 1.82) is 0 Å². The van der Waals surface area contributed by atoms with E-state index in [0.29, 0.717) is 30.5 Å². The topological polar surface area (TPSA) is 105 Å². The summed E-state index contributed by atoms with van der Waals surface area (Å²) >= 11 is 0. The van der Waals surface area contributed by atoms with Crippen LogP contribution in [0.3, 0.4) is 0 Å². The zero-order valence-corrected chi connectivity index (χ0v) is 19.6. The van der Waals surface area contributed by atoms with Gasteiger partial charge in [-0.1, -0.05) is 12.1 Å². The first-order valence-electron chi connectivity index (χ1n) is 11.4.